The molecule has 2 aromatic carbocycles. The third-order valence-corrected chi connectivity index (χ3v) is 5.49. The average molecular weight is 445 g/mol. The van der Waals surface area contributed by atoms with Crippen molar-refractivity contribution in [2.75, 3.05) is 20.0 Å². The van der Waals surface area contributed by atoms with E-state index in [0.717, 1.165) is 6.26 Å². The van der Waals surface area contributed by atoms with Crippen LogP contribution in [0.4, 0.5) is 0 Å². The number of H-pyrrole nitrogens is 1. The zero-order valence-electron chi connectivity index (χ0n) is 17.7. The number of ether oxygens (including phenoxy) is 3. The molecule has 9 heteroatoms. The van der Waals surface area contributed by atoms with Gasteiger partial charge >= 0.3 is 0 Å². The minimum atomic E-state index is -3.30. The van der Waals surface area contributed by atoms with E-state index >= 15 is 0 Å². The van der Waals surface area contributed by atoms with Crippen molar-refractivity contribution < 1.29 is 22.6 Å². The Bertz CT molecular complexity index is 1220. The first-order valence-corrected chi connectivity index (χ1v) is 11.4. The molecule has 164 valence electrons. The van der Waals surface area contributed by atoms with Gasteiger partial charge in [0, 0.05) is 36.8 Å². The zero-order valence-corrected chi connectivity index (χ0v) is 18.5. The molecule has 3 aromatic rings. The normalized spacial score (nSPS) is 12.4. The van der Waals surface area contributed by atoms with E-state index in [-0.39, 0.29) is 16.6 Å². The summed E-state index contributed by atoms with van der Waals surface area (Å²) < 4.78 is 40.3. The van der Waals surface area contributed by atoms with Crippen molar-refractivity contribution in [1.29, 1.82) is 0 Å². The molecule has 1 N–H and O–H groups in total. The maximum atomic E-state index is 12.0. The minimum Gasteiger partial charge on any atom is -0.488 e. The van der Waals surface area contributed by atoms with Crippen molar-refractivity contribution in [3.63, 3.8) is 0 Å². The van der Waals surface area contributed by atoms with Gasteiger partial charge in [0.15, 0.2) is 9.84 Å². The quantitative estimate of drug-likeness (QED) is 0.568. The number of methoxy groups -OCH3 is 1. The van der Waals surface area contributed by atoms with Crippen molar-refractivity contribution in [3.05, 3.63) is 64.6 Å². The Balaban J connectivity index is 1.97. The third kappa shape index (κ3) is 5.93. The monoisotopic (exact) mass is 444 g/mol. The van der Waals surface area contributed by atoms with Crippen LogP contribution in [0.1, 0.15) is 12.5 Å². The standard InChI is InChI=1S/C22H24N2O6S/c1-14-12-23-21(24-22(14)25)16-9-18(29-15(2)13-28-3)11-19(10-16)30-17-5-7-20(8-6-17)31(4,26)27/h5-12,15H,13H2,1-4H3,(H,23,24,25). The molecule has 0 saturated carbocycles. The van der Waals surface area contributed by atoms with Crippen molar-refractivity contribution in [2.24, 2.45) is 0 Å². The minimum absolute atomic E-state index is 0.201. The Morgan fingerprint density at radius 3 is 2.35 bits per heavy atom. The molecule has 0 aliphatic carbocycles. The summed E-state index contributed by atoms with van der Waals surface area (Å²) in [5.41, 5.74) is 0.872. The number of benzene rings is 2. The maximum Gasteiger partial charge on any atom is 0.254 e. The van der Waals surface area contributed by atoms with Crippen LogP contribution in [0.25, 0.3) is 11.4 Å². The summed E-state index contributed by atoms with van der Waals surface area (Å²) in [6.45, 7) is 3.94. The topological polar surface area (TPSA) is 108 Å². The number of sulfone groups is 1. The van der Waals surface area contributed by atoms with Gasteiger partial charge in [-0.15, -0.1) is 0 Å². The van der Waals surface area contributed by atoms with Crippen LogP contribution < -0.4 is 15.0 Å². The lowest BCUT2D eigenvalue weighted by atomic mass is 10.1. The van der Waals surface area contributed by atoms with E-state index in [1.807, 2.05) is 6.92 Å². The molecule has 0 aliphatic heterocycles. The summed E-state index contributed by atoms with van der Waals surface area (Å²) in [5.74, 6) is 1.77. The molecule has 31 heavy (non-hydrogen) atoms. The van der Waals surface area contributed by atoms with Gasteiger partial charge in [-0.1, -0.05) is 0 Å². The summed E-state index contributed by atoms with van der Waals surface area (Å²) in [4.78, 5) is 19.3. The van der Waals surface area contributed by atoms with Gasteiger partial charge in [0.05, 0.1) is 11.5 Å². The van der Waals surface area contributed by atoms with Crippen molar-refractivity contribution in [3.8, 4) is 28.6 Å². The highest BCUT2D eigenvalue weighted by Crippen LogP contribution is 2.32. The Morgan fingerprint density at radius 2 is 1.74 bits per heavy atom. The van der Waals surface area contributed by atoms with E-state index in [4.69, 9.17) is 14.2 Å². The van der Waals surface area contributed by atoms with Crippen LogP contribution >= 0.6 is 0 Å². The molecule has 1 heterocycles. The van der Waals surface area contributed by atoms with Gasteiger partial charge in [-0.2, -0.15) is 0 Å². The van der Waals surface area contributed by atoms with E-state index in [0.29, 0.717) is 40.8 Å². The lowest BCUT2D eigenvalue weighted by Gasteiger charge is -2.16. The van der Waals surface area contributed by atoms with Crippen LogP contribution in [-0.4, -0.2) is 44.5 Å². The van der Waals surface area contributed by atoms with E-state index in [9.17, 15) is 13.2 Å². The van der Waals surface area contributed by atoms with E-state index in [2.05, 4.69) is 9.97 Å². The van der Waals surface area contributed by atoms with Gasteiger partial charge in [-0.05, 0) is 50.2 Å². The number of aromatic amines is 1. The average Bonchev–Trinajstić information content (AvgIpc) is 2.70. The second-order valence-electron chi connectivity index (χ2n) is 7.17. The second kappa shape index (κ2) is 9.32. The zero-order chi connectivity index (χ0) is 22.6. The van der Waals surface area contributed by atoms with Crippen LogP contribution in [0.15, 0.2) is 58.4 Å². The molecule has 3 rings (SSSR count). The van der Waals surface area contributed by atoms with Crippen molar-refractivity contribution in [1.82, 2.24) is 9.97 Å². The predicted octanol–water partition coefficient (Wildman–Crippen LogP) is 3.35. The molecule has 0 spiro atoms. The number of hydrogen-bond donors (Lipinski definition) is 1. The molecule has 1 unspecified atom stereocenters. The summed E-state index contributed by atoms with van der Waals surface area (Å²) in [6, 6.07) is 11.3. The van der Waals surface area contributed by atoms with E-state index < -0.39 is 9.84 Å². The molecular formula is C22H24N2O6S. The Kier molecular flexibility index (Phi) is 6.77. The van der Waals surface area contributed by atoms with Gasteiger partial charge in [0.2, 0.25) is 0 Å². The van der Waals surface area contributed by atoms with Gasteiger partial charge in [-0.3, -0.25) is 4.79 Å². The lowest BCUT2D eigenvalue weighted by molar-refractivity contribution is 0.0920. The fraction of sp³-hybridized carbons (Fsp3) is 0.273. The first-order chi connectivity index (χ1) is 14.7. The van der Waals surface area contributed by atoms with Gasteiger partial charge in [-0.25, -0.2) is 13.4 Å². The van der Waals surface area contributed by atoms with Crippen LogP contribution in [0.2, 0.25) is 0 Å². The highest BCUT2D eigenvalue weighted by atomic mass is 32.2. The molecule has 0 saturated heterocycles. The number of rotatable bonds is 8. The molecule has 0 amide bonds. The first kappa shape index (κ1) is 22.5. The molecule has 0 fully saturated rings. The molecule has 0 radical (unpaired) electrons. The van der Waals surface area contributed by atoms with Crippen LogP contribution in [0.5, 0.6) is 17.2 Å². The van der Waals surface area contributed by atoms with E-state index in [1.165, 1.54) is 18.3 Å². The SMILES string of the molecule is COCC(C)Oc1cc(Oc2ccc(S(C)(=O)=O)cc2)cc(-c2ncc(C)c(=O)[nH]2)c1. The molecule has 8 nitrogen and oxygen atoms in total. The molecular weight excluding hydrogens is 420 g/mol. The largest absolute Gasteiger partial charge is 0.488 e. The molecule has 0 bridgehead atoms. The van der Waals surface area contributed by atoms with Crippen LogP contribution in [0.3, 0.4) is 0 Å². The summed E-state index contributed by atoms with van der Waals surface area (Å²) in [6.07, 6.45) is 2.43. The lowest BCUT2D eigenvalue weighted by Crippen LogP contribution is -2.18. The number of aryl methyl sites for hydroxylation is 1. The van der Waals surface area contributed by atoms with Gasteiger partial charge in [0.25, 0.3) is 5.56 Å². The summed E-state index contributed by atoms with van der Waals surface area (Å²) in [5, 5.41) is 0. The Labute approximate surface area is 180 Å². The van der Waals surface area contributed by atoms with Crippen molar-refractivity contribution >= 4 is 9.84 Å². The summed E-state index contributed by atoms with van der Waals surface area (Å²) in [7, 11) is -1.71. The smallest absolute Gasteiger partial charge is 0.254 e. The first-order valence-electron chi connectivity index (χ1n) is 9.50. The fourth-order valence-corrected chi connectivity index (χ4v) is 3.46. The van der Waals surface area contributed by atoms with Crippen LogP contribution in [0, 0.1) is 6.92 Å². The van der Waals surface area contributed by atoms with Gasteiger partial charge < -0.3 is 19.2 Å². The van der Waals surface area contributed by atoms with Crippen LogP contribution in [-0.2, 0) is 14.6 Å². The number of nitrogens with one attached hydrogen (secondary N) is 1. The van der Waals surface area contributed by atoms with Gasteiger partial charge in [0.1, 0.15) is 29.2 Å². The number of nitrogens with zero attached hydrogens (tertiary/aromatic N) is 1. The highest BCUT2D eigenvalue weighted by Gasteiger charge is 2.12. The maximum absolute atomic E-state index is 12.0. The fourth-order valence-electron chi connectivity index (χ4n) is 2.83. The third-order valence-electron chi connectivity index (χ3n) is 4.36. The Hall–Kier alpha value is -3.17. The summed E-state index contributed by atoms with van der Waals surface area (Å²) >= 11 is 0. The number of aromatic nitrogens is 2. The highest BCUT2D eigenvalue weighted by molar-refractivity contribution is 7.90. The number of hydrogen-bond acceptors (Lipinski definition) is 7. The molecule has 1 aromatic heterocycles. The van der Waals surface area contributed by atoms with E-state index in [1.54, 1.807) is 44.4 Å². The predicted molar refractivity (Wildman–Crippen MR) is 117 cm³/mol. The second-order valence-corrected chi connectivity index (χ2v) is 9.18. The molecule has 0 aliphatic rings. The Morgan fingerprint density at radius 1 is 1.06 bits per heavy atom. The van der Waals surface area contributed by atoms with Crippen molar-refractivity contribution in [2.45, 2.75) is 24.8 Å². The molecule has 1 atom stereocenters.